The third kappa shape index (κ3) is 9.81. The van der Waals surface area contributed by atoms with Crippen LogP contribution in [0.2, 0.25) is 0 Å². The third-order valence-electron chi connectivity index (χ3n) is 9.52. The highest BCUT2D eigenvalue weighted by atomic mass is 127. The minimum Gasteiger partial charge on any atom is -0.483 e. The molecule has 1 aliphatic rings. The molecule has 0 aliphatic carbocycles. The van der Waals surface area contributed by atoms with Gasteiger partial charge in [0, 0.05) is 23.7 Å². The monoisotopic (exact) mass is 863 g/mol. The van der Waals surface area contributed by atoms with Crippen molar-refractivity contribution in [3.8, 4) is 5.75 Å². The summed E-state index contributed by atoms with van der Waals surface area (Å²) in [5.41, 5.74) is 1.48. The van der Waals surface area contributed by atoms with Gasteiger partial charge in [0.25, 0.3) is 5.91 Å². The molecule has 0 aromatic heterocycles. The Morgan fingerprint density at radius 3 is 2.13 bits per heavy atom. The van der Waals surface area contributed by atoms with E-state index < -0.39 is 55.1 Å². The largest absolute Gasteiger partial charge is 0.483 e. The van der Waals surface area contributed by atoms with Crippen LogP contribution in [0.4, 0.5) is 11.4 Å². The number of carboxylic acids is 1. The second-order valence-electron chi connectivity index (χ2n) is 13.7. The summed E-state index contributed by atoms with van der Waals surface area (Å²) in [6.07, 6.45) is 7.22. The number of sulfone groups is 1. The SMILES string of the molecule is CCCCC1(CCCC)CN(c2ccccc2)c2cc(SC)c(OCC(=O)N[C@@H](C(=O)N[C@@](I)(C(=O)O)C(C)C)c3ccccc3)cc2S(=O)(=O)C1. The number of alkyl halides is 1. The number of carbonyl (C=O) groups excluding carboxylic acids is 2. The first kappa shape index (κ1) is 41.5. The molecule has 3 N–H and O–H groups in total. The van der Waals surface area contributed by atoms with Gasteiger partial charge in [-0.2, -0.15) is 0 Å². The Hall–Kier alpha value is -3.30. The lowest BCUT2D eigenvalue weighted by molar-refractivity contribution is -0.144. The zero-order chi connectivity index (χ0) is 38.1. The predicted octanol–water partition coefficient (Wildman–Crippen LogP) is 7.93. The average molecular weight is 864 g/mol. The maximum atomic E-state index is 14.4. The number of carboxylic acid groups (broad SMARTS) is 1. The van der Waals surface area contributed by atoms with Crippen LogP contribution in [0.15, 0.2) is 82.6 Å². The number of aliphatic carboxylic acids is 1. The summed E-state index contributed by atoms with van der Waals surface area (Å²) < 4.78 is 33.3. The van der Waals surface area contributed by atoms with Crippen molar-refractivity contribution in [1.82, 2.24) is 10.6 Å². The van der Waals surface area contributed by atoms with E-state index in [1.165, 1.54) is 17.8 Å². The second kappa shape index (κ2) is 18.2. The van der Waals surface area contributed by atoms with Crippen LogP contribution in [0.5, 0.6) is 5.75 Å². The molecule has 2 atom stereocenters. The Labute approximate surface area is 325 Å². The first-order chi connectivity index (χ1) is 24.7. The highest BCUT2D eigenvalue weighted by Gasteiger charge is 2.44. The summed E-state index contributed by atoms with van der Waals surface area (Å²) >= 11 is 3.09. The van der Waals surface area contributed by atoms with Crippen molar-refractivity contribution in [2.24, 2.45) is 11.3 Å². The molecule has 3 aromatic carbocycles. The molecule has 0 unspecified atom stereocenters. The van der Waals surface area contributed by atoms with E-state index in [0.29, 0.717) is 22.7 Å². The van der Waals surface area contributed by atoms with Crippen molar-refractivity contribution < 1.29 is 32.6 Å². The number of hydrogen-bond donors (Lipinski definition) is 3. The number of para-hydroxylation sites is 1. The molecule has 0 spiro atoms. The van der Waals surface area contributed by atoms with Crippen molar-refractivity contribution in [3.05, 3.63) is 78.4 Å². The highest BCUT2D eigenvalue weighted by Crippen LogP contribution is 2.47. The number of carbonyl (C=O) groups is 3. The maximum absolute atomic E-state index is 14.4. The third-order valence-corrected chi connectivity index (χ3v) is 14.2. The van der Waals surface area contributed by atoms with Crippen LogP contribution >= 0.6 is 34.4 Å². The van der Waals surface area contributed by atoms with Crippen LogP contribution < -0.4 is 20.3 Å². The van der Waals surface area contributed by atoms with Crippen molar-refractivity contribution in [1.29, 1.82) is 0 Å². The first-order valence-electron chi connectivity index (χ1n) is 17.7. The molecular formula is C39H50IN3O7S2. The van der Waals surface area contributed by atoms with Gasteiger partial charge in [0.15, 0.2) is 20.0 Å². The van der Waals surface area contributed by atoms with Crippen molar-refractivity contribution in [2.75, 3.05) is 30.1 Å². The Kier molecular flexibility index (Phi) is 14.5. The molecule has 0 radical (unpaired) electrons. The van der Waals surface area contributed by atoms with E-state index in [-0.39, 0.29) is 16.4 Å². The number of anilines is 2. The summed E-state index contributed by atoms with van der Waals surface area (Å²) in [6, 6.07) is 20.5. The molecule has 282 valence electrons. The molecule has 3 aromatic rings. The van der Waals surface area contributed by atoms with Crippen molar-refractivity contribution in [3.63, 3.8) is 0 Å². The molecule has 2 amide bonds. The molecule has 0 saturated heterocycles. The number of nitrogens with zero attached hydrogens (tertiary/aromatic N) is 1. The van der Waals surface area contributed by atoms with E-state index in [0.717, 1.165) is 44.2 Å². The Bertz CT molecular complexity index is 1800. The standard InChI is InChI=1S/C39H50IN3O7S2/c1-6-8-20-38(21-9-7-2)25-43(29-18-14-11-15-19-29)30-22-32(51-5)31(23-33(30)52(48,49)26-38)50-24-34(44)41-35(28-16-12-10-13-17-28)36(45)42-39(40,27(3)4)37(46)47/h10-19,22-23,27,35H,6-9,20-21,24-26H2,1-5H3,(H,41,44)(H,42,45)(H,46,47)/t35-,39-/m1/s1. The lowest BCUT2D eigenvalue weighted by Gasteiger charge is -2.37. The summed E-state index contributed by atoms with van der Waals surface area (Å²) in [5, 5.41) is 15.2. The molecule has 0 saturated carbocycles. The van der Waals surface area contributed by atoms with Gasteiger partial charge in [-0.25, -0.2) is 13.2 Å². The van der Waals surface area contributed by atoms with Crippen LogP contribution in [-0.2, 0) is 24.2 Å². The smallest absolute Gasteiger partial charge is 0.340 e. The van der Waals surface area contributed by atoms with Crippen LogP contribution in [0.1, 0.15) is 77.8 Å². The van der Waals surface area contributed by atoms with Gasteiger partial charge in [-0.1, -0.05) is 102 Å². The van der Waals surface area contributed by atoms with Crippen LogP contribution in [-0.4, -0.2) is 60.0 Å². The van der Waals surface area contributed by atoms with E-state index in [9.17, 15) is 27.9 Å². The zero-order valence-corrected chi connectivity index (χ0v) is 34.3. The fourth-order valence-corrected chi connectivity index (χ4v) is 9.50. The van der Waals surface area contributed by atoms with Gasteiger partial charge in [0.05, 0.1) is 21.2 Å². The number of ether oxygens (including phenoxy) is 1. The minimum absolute atomic E-state index is 0.00770. The van der Waals surface area contributed by atoms with Gasteiger partial charge in [-0.05, 0) is 71.4 Å². The molecule has 1 aliphatic heterocycles. The number of nitrogens with one attached hydrogen (secondary N) is 2. The Morgan fingerprint density at radius 1 is 1.00 bits per heavy atom. The van der Waals surface area contributed by atoms with Gasteiger partial charge < -0.3 is 25.4 Å². The molecule has 13 heteroatoms. The van der Waals surface area contributed by atoms with Gasteiger partial charge in [-0.3, -0.25) is 9.59 Å². The quantitative estimate of drug-likeness (QED) is 0.0534. The summed E-state index contributed by atoms with van der Waals surface area (Å²) in [6.45, 7) is 7.66. The summed E-state index contributed by atoms with van der Waals surface area (Å²) in [7, 11) is -3.80. The van der Waals surface area contributed by atoms with E-state index in [4.69, 9.17) is 4.74 Å². The zero-order valence-electron chi connectivity index (χ0n) is 30.5. The number of hydrogen-bond acceptors (Lipinski definition) is 8. The predicted molar refractivity (Wildman–Crippen MR) is 215 cm³/mol. The van der Waals surface area contributed by atoms with Gasteiger partial charge >= 0.3 is 5.97 Å². The molecule has 52 heavy (non-hydrogen) atoms. The van der Waals surface area contributed by atoms with Crippen LogP contribution in [0.3, 0.4) is 0 Å². The summed E-state index contributed by atoms with van der Waals surface area (Å²) in [5.74, 6) is -2.75. The number of benzene rings is 3. The lowest BCUT2D eigenvalue weighted by Crippen LogP contribution is -2.56. The number of rotatable bonds is 17. The highest BCUT2D eigenvalue weighted by molar-refractivity contribution is 14.1. The Morgan fingerprint density at radius 2 is 1.60 bits per heavy atom. The van der Waals surface area contributed by atoms with E-state index in [1.807, 2.05) is 42.7 Å². The van der Waals surface area contributed by atoms with Gasteiger partial charge in [0.2, 0.25) is 5.91 Å². The molecule has 10 nitrogen and oxygen atoms in total. The Balaban J connectivity index is 1.69. The maximum Gasteiger partial charge on any atom is 0.340 e. The fraction of sp³-hybridized carbons (Fsp3) is 0.462. The van der Waals surface area contributed by atoms with Gasteiger partial charge in [0.1, 0.15) is 11.8 Å². The fourth-order valence-electron chi connectivity index (χ4n) is 6.57. The minimum atomic E-state index is -3.80. The molecule has 4 rings (SSSR count). The number of halogens is 1. The lowest BCUT2D eigenvalue weighted by atomic mass is 9.79. The molecule has 1 heterocycles. The van der Waals surface area contributed by atoms with Gasteiger partial charge in [-0.15, -0.1) is 11.8 Å². The normalized spacial score (nSPS) is 16.6. The number of fused-ring (bicyclic) bond motifs is 1. The molecule has 0 bridgehead atoms. The number of unbranched alkanes of at least 4 members (excludes halogenated alkanes) is 2. The van der Waals surface area contributed by atoms with Crippen LogP contribution in [0.25, 0.3) is 0 Å². The summed E-state index contributed by atoms with van der Waals surface area (Å²) in [4.78, 5) is 42.1. The van der Waals surface area contributed by atoms with Crippen molar-refractivity contribution >= 4 is 73.3 Å². The number of thioether (sulfide) groups is 1. The number of amides is 2. The average Bonchev–Trinajstić information content (AvgIpc) is 3.22. The first-order valence-corrected chi connectivity index (χ1v) is 21.6. The molecular weight excluding hydrogens is 813 g/mol. The van der Waals surface area contributed by atoms with Crippen LogP contribution in [0, 0.1) is 11.3 Å². The topological polar surface area (TPSA) is 142 Å². The van der Waals surface area contributed by atoms with E-state index >= 15 is 0 Å². The molecule has 0 fully saturated rings. The van der Waals surface area contributed by atoms with E-state index in [2.05, 4.69) is 29.4 Å². The van der Waals surface area contributed by atoms with Crippen molar-refractivity contribution in [2.45, 2.75) is 85.6 Å². The van der Waals surface area contributed by atoms with E-state index in [1.54, 1.807) is 66.8 Å². The second-order valence-corrected chi connectivity index (χ2v) is 18.2.